The smallest absolute Gasteiger partial charge is 0.313 e. The van der Waals surface area contributed by atoms with Crippen molar-refractivity contribution in [2.24, 2.45) is 11.8 Å². The number of carboxylic acid groups (broad SMARTS) is 1. The largest absolute Gasteiger partial charge is 0.481 e. The number of nitrogens with zero attached hydrogens (tertiary/aromatic N) is 3. The van der Waals surface area contributed by atoms with Crippen LogP contribution in [0.1, 0.15) is 63.7 Å². The Balaban J connectivity index is 1.86. The van der Waals surface area contributed by atoms with E-state index in [0.29, 0.717) is 23.8 Å². The Morgan fingerprint density at radius 2 is 1.90 bits per heavy atom. The van der Waals surface area contributed by atoms with Crippen LogP contribution in [-0.4, -0.2) is 31.6 Å². The van der Waals surface area contributed by atoms with E-state index in [2.05, 4.69) is 28.6 Å². The second-order valence-electron chi connectivity index (χ2n) is 6.74. The van der Waals surface area contributed by atoms with Crippen molar-refractivity contribution in [1.82, 2.24) is 14.8 Å². The predicted octanol–water partition coefficient (Wildman–Crippen LogP) is 3.33. The molecule has 1 aromatic heterocycles. The average Bonchev–Trinajstić information content (AvgIpc) is 3.15. The SMILES string of the molecule is CC1CC(C)CC(n2c(SCC(=O)O)nnc2C2CC2)C1. The summed E-state index contributed by atoms with van der Waals surface area (Å²) in [6.45, 7) is 4.63. The summed E-state index contributed by atoms with van der Waals surface area (Å²) in [5.74, 6) is 2.32. The molecule has 2 atom stereocenters. The molecule has 2 saturated carbocycles. The molecule has 116 valence electrons. The topological polar surface area (TPSA) is 68.0 Å². The quantitative estimate of drug-likeness (QED) is 0.845. The molecule has 0 saturated heterocycles. The minimum atomic E-state index is -0.798. The number of carbonyl (C=O) groups is 1. The highest BCUT2D eigenvalue weighted by Crippen LogP contribution is 2.44. The average molecular weight is 309 g/mol. The predicted molar refractivity (Wildman–Crippen MR) is 81.6 cm³/mol. The van der Waals surface area contributed by atoms with E-state index in [4.69, 9.17) is 5.11 Å². The maximum atomic E-state index is 10.8. The van der Waals surface area contributed by atoms with Crippen LogP contribution in [0.5, 0.6) is 0 Å². The summed E-state index contributed by atoms with van der Waals surface area (Å²) in [6, 6.07) is 0.436. The number of aliphatic carboxylic acids is 1. The van der Waals surface area contributed by atoms with Gasteiger partial charge in [-0.05, 0) is 43.9 Å². The van der Waals surface area contributed by atoms with Gasteiger partial charge in [-0.1, -0.05) is 25.6 Å². The van der Waals surface area contributed by atoms with Crippen LogP contribution in [-0.2, 0) is 4.79 Å². The van der Waals surface area contributed by atoms with E-state index in [0.717, 1.165) is 23.8 Å². The van der Waals surface area contributed by atoms with Crippen molar-refractivity contribution in [3.8, 4) is 0 Å². The van der Waals surface area contributed by atoms with E-state index in [-0.39, 0.29) is 5.75 Å². The van der Waals surface area contributed by atoms with E-state index in [9.17, 15) is 4.79 Å². The molecule has 0 aromatic carbocycles. The molecular formula is C15H23N3O2S. The van der Waals surface area contributed by atoms with Gasteiger partial charge in [-0.25, -0.2) is 0 Å². The van der Waals surface area contributed by atoms with Crippen molar-refractivity contribution in [2.45, 2.75) is 63.1 Å². The normalized spacial score (nSPS) is 29.5. The van der Waals surface area contributed by atoms with Crippen LogP contribution >= 0.6 is 11.8 Å². The summed E-state index contributed by atoms with van der Waals surface area (Å²) in [6.07, 6.45) is 5.99. The summed E-state index contributed by atoms with van der Waals surface area (Å²) in [4.78, 5) is 10.8. The van der Waals surface area contributed by atoms with Crippen molar-refractivity contribution in [3.63, 3.8) is 0 Å². The molecule has 1 aromatic rings. The lowest BCUT2D eigenvalue weighted by atomic mass is 9.80. The number of aromatic nitrogens is 3. The van der Waals surface area contributed by atoms with Crippen LogP contribution in [0.25, 0.3) is 0 Å². The van der Waals surface area contributed by atoms with Crippen molar-refractivity contribution >= 4 is 17.7 Å². The monoisotopic (exact) mass is 309 g/mol. The molecule has 5 nitrogen and oxygen atoms in total. The number of hydrogen-bond donors (Lipinski definition) is 1. The van der Waals surface area contributed by atoms with Crippen molar-refractivity contribution in [1.29, 1.82) is 0 Å². The highest BCUT2D eigenvalue weighted by molar-refractivity contribution is 7.99. The van der Waals surface area contributed by atoms with Gasteiger partial charge in [-0.2, -0.15) is 0 Å². The van der Waals surface area contributed by atoms with Gasteiger partial charge in [0.1, 0.15) is 5.82 Å². The zero-order valence-corrected chi connectivity index (χ0v) is 13.5. The Morgan fingerprint density at radius 3 is 2.48 bits per heavy atom. The van der Waals surface area contributed by atoms with Gasteiger partial charge in [0.15, 0.2) is 5.16 Å². The van der Waals surface area contributed by atoms with E-state index in [1.165, 1.54) is 31.0 Å². The fourth-order valence-corrected chi connectivity index (χ4v) is 4.32. The third-order valence-corrected chi connectivity index (χ3v) is 5.40. The Morgan fingerprint density at radius 1 is 1.24 bits per heavy atom. The first-order valence-corrected chi connectivity index (χ1v) is 8.82. The van der Waals surface area contributed by atoms with Gasteiger partial charge in [0.05, 0.1) is 5.75 Å². The Labute approximate surface area is 129 Å². The first-order valence-electron chi connectivity index (χ1n) is 7.84. The molecule has 1 N–H and O–H groups in total. The lowest BCUT2D eigenvalue weighted by Crippen LogP contribution is -2.24. The molecule has 0 aliphatic heterocycles. The van der Waals surface area contributed by atoms with Crippen LogP contribution in [0.3, 0.4) is 0 Å². The molecule has 2 fully saturated rings. The van der Waals surface area contributed by atoms with Gasteiger partial charge in [0.25, 0.3) is 0 Å². The van der Waals surface area contributed by atoms with Crippen LogP contribution in [0.15, 0.2) is 5.16 Å². The highest BCUT2D eigenvalue weighted by Gasteiger charge is 2.35. The molecule has 3 rings (SSSR count). The van der Waals surface area contributed by atoms with Crippen LogP contribution in [0, 0.1) is 11.8 Å². The van der Waals surface area contributed by atoms with Crippen LogP contribution < -0.4 is 0 Å². The zero-order valence-electron chi connectivity index (χ0n) is 12.7. The third kappa shape index (κ3) is 3.42. The first-order chi connectivity index (χ1) is 10.0. The standard InChI is InChI=1S/C15H23N3O2S/c1-9-5-10(2)7-12(6-9)18-14(11-3-4-11)16-17-15(18)21-8-13(19)20/h9-12H,3-8H2,1-2H3,(H,19,20). The Kier molecular flexibility index (Phi) is 4.24. The van der Waals surface area contributed by atoms with Gasteiger partial charge in [0, 0.05) is 12.0 Å². The molecular weight excluding hydrogens is 286 g/mol. The minimum Gasteiger partial charge on any atom is -0.481 e. The maximum absolute atomic E-state index is 10.8. The van der Waals surface area contributed by atoms with E-state index in [1.807, 2.05) is 0 Å². The van der Waals surface area contributed by atoms with Gasteiger partial charge in [-0.3, -0.25) is 4.79 Å². The number of carboxylic acids is 1. The number of thioether (sulfide) groups is 1. The van der Waals surface area contributed by atoms with Gasteiger partial charge >= 0.3 is 5.97 Å². The lowest BCUT2D eigenvalue weighted by Gasteiger charge is -2.33. The zero-order chi connectivity index (χ0) is 15.0. The Hall–Kier alpha value is -1.04. The summed E-state index contributed by atoms with van der Waals surface area (Å²) in [5.41, 5.74) is 0. The van der Waals surface area contributed by atoms with E-state index in [1.54, 1.807) is 0 Å². The number of hydrogen-bond acceptors (Lipinski definition) is 4. The van der Waals surface area contributed by atoms with Crippen molar-refractivity contribution in [2.75, 3.05) is 5.75 Å². The molecule has 2 aliphatic carbocycles. The summed E-state index contributed by atoms with van der Waals surface area (Å²) >= 11 is 1.31. The van der Waals surface area contributed by atoms with Gasteiger partial charge in [0.2, 0.25) is 0 Å². The third-order valence-electron chi connectivity index (χ3n) is 4.48. The van der Waals surface area contributed by atoms with Crippen LogP contribution in [0.4, 0.5) is 0 Å². The molecule has 0 spiro atoms. The molecule has 1 heterocycles. The number of rotatable bonds is 5. The van der Waals surface area contributed by atoms with Gasteiger partial charge in [-0.15, -0.1) is 10.2 Å². The molecule has 0 amide bonds. The summed E-state index contributed by atoms with van der Waals surface area (Å²) in [5, 5.41) is 18.4. The first kappa shape index (κ1) is 14.9. The summed E-state index contributed by atoms with van der Waals surface area (Å²) in [7, 11) is 0. The fourth-order valence-electron chi connectivity index (χ4n) is 3.59. The second-order valence-corrected chi connectivity index (χ2v) is 7.68. The van der Waals surface area contributed by atoms with Crippen molar-refractivity contribution < 1.29 is 9.90 Å². The lowest BCUT2D eigenvalue weighted by molar-refractivity contribution is -0.133. The van der Waals surface area contributed by atoms with Crippen molar-refractivity contribution in [3.05, 3.63) is 5.82 Å². The van der Waals surface area contributed by atoms with Crippen LogP contribution in [0.2, 0.25) is 0 Å². The fraction of sp³-hybridized carbons (Fsp3) is 0.800. The molecule has 0 bridgehead atoms. The second kappa shape index (κ2) is 5.99. The van der Waals surface area contributed by atoms with E-state index >= 15 is 0 Å². The van der Waals surface area contributed by atoms with E-state index < -0.39 is 5.97 Å². The molecule has 6 heteroatoms. The Bertz CT molecular complexity index is 517. The molecule has 21 heavy (non-hydrogen) atoms. The summed E-state index contributed by atoms with van der Waals surface area (Å²) < 4.78 is 2.28. The van der Waals surface area contributed by atoms with Gasteiger partial charge < -0.3 is 9.67 Å². The highest BCUT2D eigenvalue weighted by atomic mass is 32.2. The minimum absolute atomic E-state index is 0.0562. The molecule has 2 unspecified atom stereocenters. The maximum Gasteiger partial charge on any atom is 0.313 e. The molecule has 2 aliphatic rings. The molecule has 0 radical (unpaired) electrons.